The summed E-state index contributed by atoms with van der Waals surface area (Å²) >= 11 is 0. The molecule has 1 aliphatic rings. The van der Waals surface area contributed by atoms with Gasteiger partial charge in [0.25, 0.3) is 0 Å². The van der Waals surface area contributed by atoms with Gasteiger partial charge in [-0.1, -0.05) is 13.3 Å². The fraction of sp³-hybridized carbons (Fsp3) is 0.875. The Hall–Kier alpha value is -0.730. The van der Waals surface area contributed by atoms with E-state index in [4.69, 9.17) is 5.73 Å². The molecule has 0 amide bonds. The molecule has 0 spiro atoms. The third kappa shape index (κ3) is 2.10. The van der Waals surface area contributed by atoms with Crippen molar-refractivity contribution in [3.8, 4) is 0 Å². The molecular formula is C8H17N3. The normalized spacial score (nSPS) is 32.4. The van der Waals surface area contributed by atoms with Crippen molar-refractivity contribution in [2.75, 3.05) is 7.05 Å². The Morgan fingerprint density at radius 2 is 2.27 bits per heavy atom. The highest BCUT2D eigenvalue weighted by Crippen LogP contribution is 2.24. The van der Waals surface area contributed by atoms with Crippen molar-refractivity contribution in [3.63, 3.8) is 0 Å². The van der Waals surface area contributed by atoms with Crippen LogP contribution in [0.3, 0.4) is 0 Å². The molecule has 0 heterocycles. The van der Waals surface area contributed by atoms with Crippen molar-refractivity contribution in [1.29, 1.82) is 0 Å². The number of rotatable bonds is 1. The van der Waals surface area contributed by atoms with Gasteiger partial charge in [0.15, 0.2) is 5.96 Å². The van der Waals surface area contributed by atoms with Crippen molar-refractivity contribution in [2.24, 2.45) is 16.6 Å². The fourth-order valence-corrected chi connectivity index (χ4v) is 1.61. The molecule has 11 heavy (non-hydrogen) atoms. The van der Waals surface area contributed by atoms with E-state index in [-0.39, 0.29) is 0 Å². The Balaban J connectivity index is 2.36. The maximum absolute atomic E-state index is 5.55. The van der Waals surface area contributed by atoms with E-state index >= 15 is 0 Å². The maximum atomic E-state index is 5.55. The highest BCUT2D eigenvalue weighted by Gasteiger charge is 2.22. The maximum Gasteiger partial charge on any atom is 0.188 e. The lowest BCUT2D eigenvalue weighted by molar-refractivity contribution is 0.485. The van der Waals surface area contributed by atoms with E-state index in [2.05, 4.69) is 17.2 Å². The Kier molecular flexibility index (Phi) is 2.74. The fourth-order valence-electron chi connectivity index (χ4n) is 1.61. The summed E-state index contributed by atoms with van der Waals surface area (Å²) < 4.78 is 0. The van der Waals surface area contributed by atoms with Crippen molar-refractivity contribution in [3.05, 3.63) is 0 Å². The molecule has 0 aromatic heterocycles. The molecule has 0 aliphatic heterocycles. The molecular weight excluding hydrogens is 138 g/mol. The van der Waals surface area contributed by atoms with Crippen LogP contribution in [0.2, 0.25) is 0 Å². The van der Waals surface area contributed by atoms with Gasteiger partial charge < -0.3 is 11.1 Å². The molecule has 0 aromatic rings. The number of hydrogen-bond donors (Lipinski definition) is 2. The van der Waals surface area contributed by atoms with Gasteiger partial charge in [-0.25, -0.2) is 0 Å². The molecule has 64 valence electrons. The number of aliphatic imine (C=N–C) groups is 1. The van der Waals surface area contributed by atoms with Crippen LogP contribution >= 0.6 is 0 Å². The van der Waals surface area contributed by atoms with Crippen LogP contribution in [0.25, 0.3) is 0 Å². The van der Waals surface area contributed by atoms with E-state index < -0.39 is 0 Å². The molecule has 2 unspecified atom stereocenters. The van der Waals surface area contributed by atoms with Crippen LogP contribution in [0.5, 0.6) is 0 Å². The third-order valence-corrected chi connectivity index (χ3v) is 2.44. The average Bonchev–Trinajstić information content (AvgIpc) is 2.37. The molecule has 0 aromatic carbocycles. The minimum absolute atomic E-state index is 0.554. The summed E-state index contributed by atoms with van der Waals surface area (Å²) in [5.41, 5.74) is 5.55. The van der Waals surface area contributed by atoms with E-state index in [0.29, 0.717) is 12.0 Å². The third-order valence-electron chi connectivity index (χ3n) is 2.44. The van der Waals surface area contributed by atoms with Crippen LogP contribution in [0.15, 0.2) is 4.99 Å². The number of nitrogens with two attached hydrogens (primary N) is 1. The van der Waals surface area contributed by atoms with Gasteiger partial charge in [-0.3, -0.25) is 4.99 Å². The minimum atomic E-state index is 0.554. The van der Waals surface area contributed by atoms with Crippen LogP contribution in [-0.2, 0) is 0 Å². The zero-order valence-electron chi connectivity index (χ0n) is 7.30. The first-order chi connectivity index (χ1) is 5.24. The van der Waals surface area contributed by atoms with Crippen LogP contribution < -0.4 is 11.1 Å². The Morgan fingerprint density at radius 3 is 2.73 bits per heavy atom. The standard InChI is InChI=1S/C8H17N3/c1-6-4-3-5-7(6)11-8(9)10-2/h6-7H,3-5H2,1-2H3,(H3,9,10,11). The second kappa shape index (κ2) is 3.60. The topological polar surface area (TPSA) is 50.4 Å². The largest absolute Gasteiger partial charge is 0.370 e. The van der Waals surface area contributed by atoms with Gasteiger partial charge in [0.1, 0.15) is 0 Å². The van der Waals surface area contributed by atoms with Crippen LogP contribution in [0, 0.1) is 5.92 Å². The second-order valence-corrected chi connectivity index (χ2v) is 3.27. The first-order valence-corrected chi connectivity index (χ1v) is 4.23. The van der Waals surface area contributed by atoms with E-state index in [9.17, 15) is 0 Å². The second-order valence-electron chi connectivity index (χ2n) is 3.27. The first kappa shape index (κ1) is 8.37. The molecule has 2 atom stereocenters. The van der Waals surface area contributed by atoms with Crippen LogP contribution in [0.1, 0.15) is 26.2 Å². The molecule has 0 bridgehead atoms. The van der Waals surface area contributed by atoms with E-state index in [1.54, 1.807) is 7.05 Å². The van der Waals surface area contributed by atoms with Gasteiger partial charge in [-0.2, -0.15) is 0 Å². The summed E-state index contributed by atoms with van der Waals surface area (Å²) in [5, 5.41) is 3.21. The smallest absolute Gasteiger partial charge is 0.188 e. The monoisotopic (exact) mass is 155 g/mol. The lowest BCUT2D eigenvalue weighted by Crippen LogP contribution is -2.41. The zero-order valence-corrected chi connectivity index (χ0v) is 7.30. The van der Waals surface area contributed by atoms with Crippen molar-refractivity contribution in [1.82, 2.24) is 5.32 Å². The van der Waals surface area contributed by atoms with Crippen molar-refractivity contribution >= 4 is 5.96 Å². The van der Waals surface area contributed by atoms with Crippen molar-refractivity contribution < 1.29 is 0 Å². The summed E-state index contributed by atoms with van der Waals surface area (Å²) in [6.07, 6.45) is 3.86. The minimum Gasteiger partial charge on any atom is -0.370 e. The molecule has 3 nitrogen and oxygen atoms in total. The predicted octanol–water partition coefficient (Wildman–Crippen LogP) is 0.709. The lowest BCUT2D eigenvalue weighted by Gasteiger charge is -2.17. The number of nitrogens with one attached hydrogen (secondary N) is 1. The van der Waals surface area contributed by atoms with Crippen LogP contribution in [0.4, 0.5) is 0 Å². The van der Waals surface area contributed by atoms with Crippen molar-refractivity contribution in [2.45, 2.75) is 32.2 Å². The van der Waals surface area contributed by atoms with E-state index in [1.807, 2.05) is 0 Å². The van der Waals surface area contributed by atoms with Gasteiger partial charge in [0.05, 0.1) is 0 Å². The van der Waals surface area contributed by atoms with E-state index in [1.165, 1.54) is 19.3 Å². The zero-order chi connectivity index (χ0) is 8.27. The summed E-state index contributed by atoms with van der Waals surface area (Å²) in [7, 11) is 1.71. The predicted molar refractivity (Wildman–Crippen MR) is 47.5 cm³/mol. The number of guanidine groups is 1. The molecule has 1 fully saturated rings. The lowest BCUT2D eigenvalue weighted by atomic mass is 10.1. The first-order valence-electron chi connectivity index (χ1n) is 4.23. The van der Waals surface area contributed by atoms with Gasteiger partial charge >= 0.3 is 0 Å². The average molecular weight is 155 g/mol. The molecule has 3 heteroatoms. The molecule has 1 aliphatic carbocycles. The Labute approximate surface area is 68.1 Å². The molecule has 1 rings (SSSR count). The summed E-state index contributed by atoms with van der Waals surface area (Å²) in [6.45, 7) is 2.26. The molecule has 0 radical (unpaired) electrons. The highest BCUT2D eigenvalue weighted by molar-refractivity contribution is 5.77. The number of hydrogen-bond acceptors (Lipinski definition) is 1. The van der Waals surface area contributed by atoms with Crippen LogP contribution in [-0.4, -0.2) is 19.0 Å². The molecule has 1 saturated carbocycles. The summed E-state index contributed by atoms with van der Waals surface area (Å²) in [6, 6.07) is 0.554. The van der Waals surface area contributed by atoms with Gasteiger partial charge in [-0.05, 0) is 18.8 Å². The Morgan fingerprint density at radius 1 is 1.55 bits per heavy atom. The molecule has 3 N–H and O–H groups in total. The SMILES string of the molecule is CN=C(N)NC1CCCC1C. The van der Waals surface area contributed by atoms with E-state index in [0.717, 1.165) is 5.92 Å². The van der Waals surface area contributed by atoms with Gasteiger partial charge in [0.2, 0.25) is 0 Å². The summed E-state index contributed by atoms with van der Waals surface area (Å²) in [5.74, 6) is 1.32. The summed E-state index contributed by atoms with van der Waals surface area (Å²) in [4.78, 5) is 3.87. The molecule has 0 saturated heterocycles. The Bertz CT molecular complexity index is 153. The highest BCUT2D eigenvalue weighted by atomic mass is 15.1. The quantitative estimate of drug-likeness (QED) is 0.433. The number of nitrogens with zero attached hydrogens (tertiary/aromatic N) is 1. The van der Waals surface area contributed by atoms with Gasteiger partial charge in [0, 0.05) is 13.1 Å². The van der Waals surface area contributed by atoms with Gasteiger partial charge in [-0.15, -0.1) is 0 Å².